The number of rotatable bonds is 5. The molecule has 0 radical (unpaired) electrons. The van der Waals surface area contributed by atoms with E-state index in [-0.39, 0.29) is 6.10 Å². The van der Waals surface area contributed by atoms with Gasteiger partial charge in [0.15, 0.2) is 0 Å². The Kier molecular flexibility index (Phi) is 6.06. The largest absolute Gasteiger partial charge is 0.387 e. The summed E-state index contributed by atoms with van der Waals surface area (Å²) in [4.78, 5) is 2.42. The van der Waals surface area contributed by atoms with Gasteiger partial charge in [0.05, 0.1) is 6.10 Å². The van der Waals surface area contributed by atoms with Crippen molar-refractivity contribution in [2.24, 2.45) is 5.92 Å². The molecule has 112 valence electrons. The molecular weight excluding hydrogens is 246 g/mol. The van der Waals surface area contributed by atoms with Crippen LogP contribution in [-0.2, 0) is 6.42 Å². The monoisotopic (exact) mass is 275 g/mol. The van der Waals surface area contributed by atoms with Crippen molar-refractivity contribution in [3.8, 4) is 0 Å². The van der Waals surface area contributed by atoms with Crippen LogP contribution >= 0.6 is 0 Å². The quantitative estimate of drug-likeness (QED) is 0.883. The highest BCUT2D eigenvalue weighted by Crippen LogP contribution is 2.20. The number of aliphatic hydroxyl groups is 1. The molecule has 2 heteroatoms. The van der Waals surface area contributed by atoms with E-state index >= 15 is 0 Å². The van der Waals surface area contributed by atoms with Crippen LogP contribution in [0.2, 0.25) is 0 Å². The number of aliphatic hydroxyl groups excluding tert-OH is 1. The minimum absolute atomic E-state index is 0.348. The Morgan fingerprint density at radius 2 is 1.95 bits per heavy atom. The van der Waals surface area contributed by atoms with Gasteiger partial charge in [0.2, 0.25) is 0 Å². The third-order valence-electron chi connectivity index (χ3n) is 4.44. The summed E-state index contributed by atoms with van der Waals surface area (Å²) in [6.45, 7) is 7.58. The SMILES string of the molecule is CCCc1ccc(C(O)CN2CCCC(C)CC2)cc1. The van der Waals surface area contributed by atoms with Gasteiger partial charge in [0.25, 0.3) is 0 Å². The first kappa shape index (κ1) is 15.5. The summed E-state index contributed by atoms with van der Waals surface area (Å²) in [5.41, 5.74) is 2.43. The molecule has 2 atom stereocenters. The molecule has 1 N–H and O–H groups in total. The maximum Gasteiger partial charge on any atom is 0.0916 e. The van der Waals surface area contributed by atoms with E-state index in [4.69, 9.17) is 0 Å². The van der Waals surface area contributed by atoms with Crippen LogP contribution in [0.25, 0.3) is 0 Å². The molecule has 0 amide bonds. The molecule has 1 fully saturated rings. The minimum atomic E-state index is -0.348. The molecule has 2 unspecified atom stereocenters. The molecule has 2 rings (SSSR count). The van der Waals surface area contributed by atoms with Gasteiger partial charge in [-0.25, -0.2) is 0 Å². The first-order chi connectivity index (χ1) is 9.69. The molecule has 0 aliphatic carbocycles. The van der Waals surface area contributed by atoms with Crippen LogP contribution in [0.15, 0.2) is 24.3 Å². The topological polar surface area (TPSA) is 23.5 Å². The summed E-state index contributed by atoms with van der Waals surface area (Å²) < 4.78 is 0. The van der Waals surface area contributed by atoms with E-state index in [1.54, 1.807) is 0 Å². The van der Waals surface area contributed by atoms with Gasteiger partial charge in [0, 0.05) is 6.54 Å². The second kappa shape index (κ2) is 7.80. The van der Waals surface area contributed by atoms with Crippen LogP contribution in [0.1, 0.15) is 56.8 Å². The Labute approximate surface area is 123 Å². The maximum absolute atomic E-state index is 10.4. The lowest BCUT2D eigenvalue weighted by Gasteiger charge is -2.23. The fraction of sp³-hybridized carbons (Fsp3) is 0.667. The normalized spacial score (nSPS) is 22.4. The van der Waals surface area contributed by atoms with Crippen LogP contribution in [0.5, 0.6) is 0 Å². The summed E-state index contributed by atoms with van der Waals surface area (Å²) in [5, 5.41) is 10.4. The zero-order chi connectivity index (χ0) is 14.4. The molecular formula is C18H29NO. The second-order valence-corrected chi connectivity index (χ2v) is 6.34. The molecule has 0 saturated carbocycles. The standard InChI is InChI=1S/C18H29NO/c1-3-5-16-7-9-17(10-8-16)18(20)14-19-12-4-6-15(2)11-13-19/h7-10,15,18,20H,3-6,11-14H2,1-2H3. The fourth-order valence-electron chi connectivity index (χ4n) is 3.05. The number of β-amino-alcohol motifs (C(OH)–C–C–N with tert-alkyl or cyclic N) is 1. The molecule has 0 aromatic heterocycles. The molecule has 1 aliphatic rings. The van der Waals surface area contributed by atoms with Crippen molar-refractivity contribution in [2.45, 2.75) is 52.1 Å². The summed E-state index contributed by atoms with van der Waals surface area (Å²) in [6.07, 6.45) is 5.82. The van der Waals surface area contributed by atoms with Gasteiger partial charge >= 0.3 is 0 Å². The first-order valence-electron chi connectivity index (χ1n) is 8.18. The van der Waals surface area contributed by atoms with E-state index in [1.165, 1.54) is 31.2 Å². The van der Waals surface area contributed by atoms with Crippen molar-refractivity contribution in [2.75, 3.05) is 19.6 Å². The van der Waals surface area contributed by atoms with Crippen molar-refractivity contribution < 1.29 is 5.11 Å². The number of likely N-dealkylation sites (tertiary alicyclic amines) is 1. The Morgan fingerprint density at radius 1 is 1.20 bits per heavy atom. The van der Waals surface area contributed by atoms with Crippen molar-refractivity contribution >= 4 is 0 Å². The molecule has 20 heavy (non-hydrogen) atoms. The molecule has 2 nitrogen and oxygen atoms in total. The van der Waals surface area contributed by atoms with Crippen LogP contribution in [0.3, 0.4) is 0 Å². The summed E-state index contributed by atoms with van der Waals surface area (Å²) in [5.74, 6) is 0.838. The Hall–Kier alpha value is -0.860. The molecule has 1 heterocycles. The predicted molar refractivity (Wildman–Crippen MR) is 84.9 cm³/mol. The van der Waals surface area contributed by atoms with Gasteiger partial charge in [0.1, 0.15) is 0 Å². The second-order valence-electron chi connectivity index (χ2n) is 6.34. The van der Waals surface area contributed by atoms with Crippen LogP contribution < -0.4 is 0 Å². The number of nitrogens with zero attached hydrogens (tertiary/aromatic N) is 1. The molecule has 1 saturated heterocycles. The van der Waals surface area contributed by atoms with Crippen LogP contribution in [-0.4, -0.2) is 29.6 Å². The van der Waals surface area contributed by atoms with Crippen LogP contribution in [0.4, 0.5) is 0 Å². The summed E-state index contributed by atoms with van der Waals surface area (Å²) in [6, 6.07) is 8.51. The Morgan fingerprint density at radius 3 is 2.65 bits per heavy atom. The molecule has 1 aromatic carbocycles. The predicted octanol–water partition coefficient (Wildman–Crippen LogP) is 3.79. The van der Waals surface area contributed by atoms with E-state index < -0.39 is 0 Å². The van der Waals surface area contributed by atoms with Crippen molar-refractivity contribution in [1.82, 2.24) is 4.90 Å². The Bertz CT molecular complexity index is 387. The highest BCUT2D eigenvalue weighted by atomic mass is 16.3. The van der Waals surface area contributed by atoms with E-state index in [9.17, 15) is 5.11 Å². The highest BCUT2D eigenvalue weighted by Gasteiger charge is 2.17. The molecule has 0 spiro atoms. The average Bonchev–Trinajstić information content (AvgIpc) is 2.65. The van der Waals surface area contributed by atoms with Gasteiger partial charge in [-0.05, 0) is 55.8 Å². The van der Waals surface area contributed by atoms with E-state index in [1.807, 2.05) is 0 Å². The van der Waals surface area contributed by atoms with Gasteiger partial charge in [-0.2, -0.15) is 0 Å². The maximum atomic E-state index is 10.4. The number of hydrogen-bond acceptors (Lipinski definition) is 2. The fourth-order valence-corrected chi connectivity index (χ4v) is 3.05. The zero-order valence-corrected chi connectivity index (χ0v) is 13.0. The lowest BCUT2D eigenvalue weighted by atomic mass is 10.0. The third kappa shape index (κ3) is 4.60. The lowest BCUT2D eigenvalue weighted by Crippen LogP contribution is -2.29. The van der Waals surface area contributed by atoms with Gasteiger partial charge in [-0.1, -0.05) is 44.5 Å². The van der Waals surface area contributed by atoms with E-state index in [0.29, 0.717) is 0 Å². The van der Waals surface area contributed by atoms with Gasteiger partial charge in [-0.3, -0.25) is 0 Å². The summed E-state index contributed by atoms with van der Waals surface area (Å²) in [7, 11) is 0. The lowest BCUT2D eigenvalue weighted by molar-refractivity contribution is 0.114. The highest BCUT2D eigenvalue weighted by molar-refractivity contribution is 5.24. The Balaban J connectivity index is 1.88. The molecule has 0 bridgehead atoms. The van der Waals surface area contributed by atoms with Crippen LogP contribution in [0, 0.1) is 5.92 Å². The third-order valence-corrected chi connectivity index (χ3v) is 4.44. The van der Waals surface area contributed by atoms with E-state index in [0.717, 1.165) is 37.5 Å². The number of aryl methyl sites for hydroxylation is 1. The van der Waals surface area contributed by atoms with Crippen molar-refractivity contribution in [3.63, 3.8) is 0 Å². The van der Waals surface area contributed by atoms with Crippen molar-refractivity contribution in [1.29, 1.82) is 0 Å². The first-order valence-corrected chi connectivity index (χ1v) is 8.18. The number of hydrogen-bond donors (Lipinski definition) is 1. The zero-order valence-electron chi connectivity index (χ0n) is 13.0. The number of benzene rings is 1. The average molecular weight is 275 g/mol. The van der Waals surface area contributed by atoms with Crippen molar-refractivity contribution in [3.05, 3.63) is 35.4 Å². The smallest absolute Gasteiger partial charge is 0.0916 e. The summed E-state index contributed by atoms with van der Waals surface area (Å²) >= 11 is 0. The minimum Gasteiger partial charge on any atom is -0.387 e. The molecule has 1 aromatic rings. The van der Waals surface area contributed by atoms with Gasteiger partial charge in [-0.15, -0.1) is 0 Å². The van der Waals surface area contributed by atoms with E-state index in [2.05, 4.69) is 43.0 Å². The van der Waals surface area contributed by atoms with Gasteiger partial charge < -0.3 is 10.0 Å². The molecule has 1 aliphatic heterocycles.